The molecule has 2 amide bonds. The van der Waals surface area contributed by atoms with E-state index >= 15 is 0 Å². The summed E-state index contributed by atoms with van der Waals surface area (Å²) in [7, 11) is 1.32. The van der Waals surface area contributed by atoms with Crippen LogP contribution in [0.1, 0.15) is 27.3 Å². The molecule has 7 rings (SSSR count). The number of fused-ring (bicyclic) bond motifs is 1. The molecule has 51 heavy (non-hydrogen) atoms. The fraction of sp³-hybridized carbons (Fsp3) is 0.135. The van der Waals surface area contributed by atoms with Crippen molar-refractivity contribution in [3.05, 3.63) is 153 Å². The first-order chi connectivity index (χ1) is 24.9. The fourth-order valence-electron chi connectivity index (χ4n) is 6.15. The van der Waals surface area contributed by atoms with Gasteiger partial charge in [-0.15, -0.1) is 34.4 Å². The molecule has 0 aliphatic carbocycles. The highest BCUT2D eigenvalue weighted by atomic mass is 32.2. The van der Waals surface area contributed by atoms with Crippen LogP contribution in [0.2, 0.25) is 0 Å². The SMILES string of the molecule is CO/N=C(/C(=O)NC1C(=O)N2C(C(=O)O)=C(/C=C/c3cncs3)CS[C@H]12)c1csc(NC(c2ccccc2)(c2ccccc2)c2ccccc2)n1. The number of aromatic nitrogens is 2. The van der Waals surface area contributed by atoms with Crippen molar-refractivity contribution in [3.63, 3.8) is 0 Å². The van der Waals surface area contributed by atoms with Gasteiger partial charge in [-0.1, -0.05) is 102 Å². The van der Waals surface area contributed by atoms with Gasteiger partial charge < -0.3 is 20.6 Å². The Balaban J connectivity index is 1.15. The number of nitrogens with one attached hydrogen (secondary N) is 2. The number of aliphatic carboxylic acids is 1. The standard InChI is InChI=1S/C37H30N6O5S3/c1-48-42-29(32(44)40-30-33(45)43-31(35(46)47)23(20-49-34(30)43)17-18-27-19-38-22-51-27)28-21-50-36(39-28)41-37(24-11-5-2-6-12-24,25-13-7-3-8-14-25)26-15-9-4-10-16-26/h2-19,21-22,30,34H,20H2,1H3,(H,39,41)(H,40,44)(H,46,47)/b18-17+,42-29+/t30?,34-/m1/s1. The molecule has 4 heterocycles. The normalized spacial score (nSPS) is 17.5. The number of nitrogens with zero attached hydrogens (tertiary/aromatic N) is 4. The minimum Gasteiger partial charge on any atom is -0.477 e. The Hall–Kier alpha value is -5.57. The zero-order valence-corrected chi connectivity index (χ0v) is 29.5. The van der Waals surface area contributed by atoms with Crippen LogP contribution in [0.25, 0.3) is 6.08 Å². The molecule has 0 radical (unpaired) electrons. The molecule has 1 fully saturated rings. The zero-order valence-electron chi connectivity index (χ0n) is 27.0. The Morgan fingerprint density at radius 1 is 0.961 bits per heavy atom. The lowest BCUT2D eigenvalue weighted by Gasteiger charge is -2.49. The minimum atomic E-state index is -1.22. The number of benzene rings is 3. The van der Waals surface area contributed by atoms with E-state index in [1.807, 2.05) is 54.6 Å². The molecule has 1 saturated heterocycles. The summed E-state index contributed by atoms with van der Waals surface area (Å²) < 4.78 is 0. The first kappa shape index (κ1) is 33.9. The number of hydrogen-bond donors (Lipinski definition) is 3. The second kappa shape index (κ2) is 14.7. The third kappa shape index (κ3) is 6.56. The Bertz CT molecular complexity index is 2040. The number of thiazole rings is 2. The van der Waals surface area contributed by atoms with Crippen molar-refractivity contribution in [2.24, 2.45) is 5.16 Å². The number of thioether (sulfide) groups is 1. The zero-order chi connectivity index (χ0) is 35.4. The summed E-state index contributed by atoms with van der Waals surface area (Å²) >= 11 is 4.08. The number of rotatable bonds is 12. The van der Waals surface area contributed by atoms with Crippen molar-refractivity contribution in [3.8, 4) is 0 Å². The monoisotopic (exact) mass is 734 g/mol. The largest absolute Gasteiger partial charge is 0.477 e. The van der Waals surface area contributed by atoms with Gasteiger partial charge in [-0.25, -0.2) is 9.78 Å². The minimum absolute atomic E-state index is 0.102. The van der Waals surface area contributed by atoms with Crippen molar-refractivity contribution in [1.29, 1.82) is 0 Å². The number of carboxylic acids is 1. The van der Waals surface area contributed by atoms with E-state index in [1.54, 1.807) is 29.2 Å². The van der Waals surface area contributed by atoms with Crippen molar-refractivity contribution < 1.29 is 24.3 Å². The molecule has 2 aliphatic heterocycles. The first-order valence-electron chi connectivity index (χ1n) is 15.7. The third-order valence-electron chi connectivity index (χ3n) is 8.45. The molecule has 0 saturated carbocycles. The van der Waals surface area contributed by atoms with E-state index in [9.17, 15) is 19.5 Å². The van der Waals surface area contributed by atoms with Crippen molar-refractivity contribution in [1.82, 2.24) is 20.2 Å². The van der Waals surface area contributed by atoms with Gasteiger partial charge in [-0.3, -0.25) is 19.5 Å². The van der Waals surface area contributed by atoms with Crippen LogP contribution in [0.3, 0.4) is 0 Å². The highest BCUT2D eigenvalue weighted by Gasteiger charge is 2.54. The van der Waals surface area contributed by atoms with Crippen LogP contribution >= 0.6 is 34.4 Å². The molecule has 1 unspecified atom stereocenters. The maximum Gasteiger partial charge on any atom is 0.352 e. The summed E-state index contributed by atoms with van der Waals surface area (Å²) in [6.07, 6.45) is 5.14. The molecule has 11 nitrogen and oxygen atoms in total. The first-order valence-corrected chi connectivity index (χ1v) is 18.5. The van der Waals surface area contributed by atoms with Gasteiger partial charge in [0.1, 0.15) is 35.5 Å². The fourth-order valence-corrected chi connectivity index (χ4v) is 8.73. The molecule has 5 aromatic rings. The van der Waals surface area contributed by atoms with Gasteiger partial charge in [-0.05, 0) is 28.3 Å². The molecule has 0 spiro atoms. The average molecular weight is 735 g/mol. The number of hydrogen-bond acceptors (Lipinski definition) is 11. The average Bonchev–Trinajstić information content (AvgIpc) is 3.87. The summed E-state index contributed by atoms with van der Waals surface area (Å²) in [5.74, 6) is -2.09. The number of anilines is 1. The number of carbonyl (C=O) groups is 3. The molecule has 2 atom stereocenters. The van der Waals surface area contributed by atoms with Crippen LogP contribution in [0.4, 0.5) is 5.13 Å². The lowest BCUT2D eigenvalue weighted by molar-refractivity contribution is -0.150. The number of β-lactam (4-membered cyclic amide) rings is 1. The summed E-state index contributed by atoms with van der Waals surface area (Å²) in [5.41, 5.74) is 4.30. The van der Waals surface area contributed by atoms with Crippen LogP contribution in [0.5, 0.6) is 0 Å². The Kier molecular flexibility index (Phi) is 9.79. The molecular weight excluding hydrogens is 705 g/mol. The Labute approximate surface area is 305 Å². The number of oxime groups is 1. The Morgan fingerprint density at radius 2 is 1.59 bits per heavy atom. The lowest BCUT2D eigenvalue weighted by atomic mass is 9.77. The molecule has 0 bridgehead atoms. The predicted octanol–water partition coefficient (Wildman–Crippen LogP) is 5.81. The Morgan fingerprint density at radius 3 is 2.14 bits per heavy atom. The van der Waals surface area contributed by atoms with Crippen LogP contribution < -0.4 is 10.6 Å². The van der Waals surface area contributed by atoms with Gasteiger partial charge in [0.2, 0.25) is 0 Å². The summed E-state index contributed by atoms with van der Waals surface area (Å²) in [4.78, 5) is 55.4. The van der Waals surface area contributed by atoms with Crippen LogP contribution in [0, 0.1) is 0 Å². The summed E-state index contributed by atoms with van der Waals surface area (Å²) in [6, 6.07) is 29.2. The molecule has 3 aromatic carbocycles. The van der Waals surface area contributed by atoms with E-state index < -0.39 is 34.7 Å². The molecular formula is C37H30N6O5S3. The number of carboxylic acid groups (broad SMARTS) is 1. The second-order valence-electron chi connectivity index (χ2n) is 11.4. The van der Waals surface area contributed by atoms with E-state index in [2.05, 4.69) is 57.2 Å². The van der Waals surface area contributed by atoms with Gasteiger partial charge >= 0.3 is 5.97 Å². The van der Waals surface area contributed by atoms with Gasteiger partial charge in [0.15, 0.2) is 10.8 Å². The molecule has 2 aliphatic rings. The van der Waals surface area contributed by atoms with Crippen molar-refractivity contribution in [2.75, 3.05) is 18.2 Å². The van der Waals surface area contributed by atoms with E-state index in [-0.39, 0.29) is 17.1 Å². The van der Waals surface area contributed by atoms with Gasteiger partial charge in [0.05, 0.1) is 5.51 Å². The molecule has 14 heteroatoms. The highest BCUT2D eigenvalue weighted by Crippen LogP contribution is 2.42. The molecule has 256 valence electrons. The van der Waals surface area contributed by atoms with E-state index in [1.165, 1.54) is 46.4 Å². The molecule has 3 N–H and O–H groups in total. The number of carbonyl (C=O) groups excluding carboxylic acids is 2. The van der Waals surface area contributed by atoms with Crippen molar-refractivity contribution in [2.45, 2.75) is 17.0 Å². The van der Waals surface area contributed by atoms with E-state index in [0.717, 1.165) is 21.6 Å². The van der Waals surface area contributed by atoms with E-state index in [4.69, 9.17) is 9.82 Å². The third-order valence-corrected chi connectivity index (χ3v) is 11.2. The second-order valence-corrected chi connectivity index (χ2v) is 14.3. The summed E-state index contributed by atoms with van der Waals surface area (Å²) in [6.45, 7) is 0. The maximum absolute atomic E-state index is 13.7. The number of amides is 2. The van der Waals surface area contributed by atoms with Gasteiger partial charge in [-0.2, -0.15) is 0 Å². The van der Waals surface area contributed by atoms with E-state index in [0.29, 0.717) is 16.5 Å². The molecule has 2 aromatic heterocycles. The predicted molar refractivity (Wildman–Crippen MR) is 199 cm³/mol. The van der Waals surface area contributed by atoms with Crippen LogP contribution in [-0.2, 0) is 24.8 Å². The highest BCUT2D eigenvalue weighted by molar-refractivity contribution is 8.00. The van der Waals surface area contributed by atoms with Crippen molar-refractivity contribution >= 4 is 69.1 Å². The van der Waals surface area contributed by atoms with Gasteiger partial charge in [0, 0.05) is 22.2 Å². The quantitative estimate of drug-likeness (QED) is 0.0626. The van der Waals surface area contributed by atoms with Crippen LogP contribution in [-0.4, -0.2) is 67.7 Å². The topological polar surface area (TPSA) is 146 Å². The summed E-state index contributed by atoms with van der Waals surface area (Å²) in [5, 5.41) is 22.1. The maximum atomic E-state index is 13.7. The smallest absolute Gasteiger partial charge is 0.352 e. The number of allylic oxidation sites excluding steroid dienone is 1. The van der Waals surface area contributed by atoms with Crippen LogP contribution in [0.15, 0.2) is 131 Å². The van der Waals surface area contributed by atoms with Gasteiger partial charge in [0.25, 0.3) is 11.8 Å². The lowest BCUT2D eigenvalue weighted by Crippen LogP contribution is -2.71.